The third kappa shape index (κ3) is 9.34. The molecule has 8 heteroatoms. The molecule has 3 rings (SSSR count). The van der Waals surface area contributed by atoms with E-state index < -0.39 is 0 Å². The number of aliphatic imine (C=N–C) groups is 1. The summed E-state index contributed by atoms with van der Waals surface area (Å²) >= 11 is 5.86. The van der Waals surface area contributed by atoms with E-state index in [0.717, 1.165) is 50.5 Å². The Hall–Kier alpha value is -1.84. The van der Waals surface area contributed by atoms with Gasteiger partial charge in [0.25, 0.3) is 0 Å². The maximum atomic E-state index is 12.1. The molecular formula is C24H33ClIN5O. The summed E-state index contributed by atoms with van der Waals surface area (Å²) in [4.78, 5) is 18.9. The van der Waals surface area contributed by atoms with E-state index >= 15 is 0 Å². The highest BCUT2D eigenvalue weighted by molar-refractivity contribution is 14.0. The summed E-state index contributed by atoms with van der Waals surface area (Å²) in [5, 5.41) is 10.4. The molecule has 1 heterocycles. The largest absolute Gasteiger partial charge is 0.356 e. The number of hydrogen-bond acceptors (Lipinski definition) is 3. The number of halogens is 2. The summed E-state index contributed by atoms with van der Waals surface area (Å²) in [6.07, 6.45) is 3.37. The summed E-state index contributed by atoms with van der Waals surface area (Å²) in [5.41, 5.74) is 2.13. The molecule has 3 N–H and O–H groups in total. The number of likely N-dealkylation sites (tertiary alicyclic amines) is 1. The van der Waals surface area contributed by atoms with Crippen LogP contribution in [0.1, 0.15) is 31.2 Å². The number of nitrogens with one attached hydrogen (secondary N) is 3. The van der Waals surface area contributed by atoms with Gasteiger partial charge in [0, 0.05) is 56.4 Å². The van der Waals surface area contributed by atoms with Crippen LogP contribution >= 0.6 is 35.6 Å². The summed E-state index contributed by atoms with van der Waals surface area (Å²) in [5.74, 6) is 0.803. The average molecular weight is 570 g/mol. The Labute approximate surface area is 213 Å². The van der Waals surface area contributed by atoms with Gasteiger partial charge in [-0.3, -0.25) is 14.7 Å². The van der Waals surface area contributed by atoms with Gasteiger partial charge in [0.05, 0.1) is 0 Å². The van der Waals surface area contributed by atoms with Crippen molar-refractivity contribution in [2.24, 2.45) is 4.99 Å². The molecular weight excluding hydrogens is 537 g/mol. The first kappa shape index (κ1) is 26.4. The van der Waals surface area contributed by atoms with E-state index in [0.29, 0.717) is 24.0 Å². The molecule has 0 radical (unpaired) electrons. The number of nitrogens with zero attached hydrogens (tertiary/aromatic N) is 2. The zero-order valence-electron chi connectivity index (χ0n) is 18.5. The van der Waals surface area contributed by atoms with Crippen molar-refractivity contribution >= 4 is 53.1 Å². The Bertz CT molecular complexity index is 839. The Balaban J connectivity index is 0.00000363. The normalized spacial score (nSPS) is 15.0. The Morgan fingerprint density at radius 2 is 1.78 bits per heavy atom. The van der Waals surface area contributed by atoms with Crippen molar-refractivity contribution in [2.45, 2.75) is 38.3 Å². The molecule has 0 unspecified atom stereocenters. The SMILES string of the molecule is CN=C(NCCCC(=O)Nc1ccc(Cl)cc1)NC1CCN(Cc2ccccc2)CC1.I. The number of piperidine rings is 1. The first-order valence-corrected chi connectivity index (χ1v) is 11.3. The lowest BCUT2D eigenvalue weighted by Gasteiger charge is -2.33. The molecule has 1 aliphatic heterocycles. The van der Waals surface area contributed by atoms with Crippen LogP contribution in [0.4, 0.5) is 5.69 Å². The second-order valence-electron chi connectivity index (χ2n) is 7.84. The van der Waals surface area contributed by atoms with Gasteiger partial charge < -0.3 is 16.0 Å². The number of carbonyl (C=O) groups is 1. The van der Waals surface area contributed by atoms with E-state index in [4.69, 9.17) is 11.6 Å². The van der Waals surface area contributed by atoms with Gasteiger partial charge in [-0.15, -0.1) is 24.0 Å². The third-order valence-corrected chi connectivity index (χ3v) is 5.65. The van der Waals surface area contributed by atoms with E-state index in [1.807, 2.05) is 0 Å². The maximum absolute atomic E-state index is 12.1. The van der Waals surface area contributed by atoms with Gasteiger partial charge in [-0.1, -0.05) is 41.9 Å². The van der Waals surface area contributed by atoms with Crippen molar-refractivity contribution in [2.75, 3.05) is 32.0 Å². The number of anilines is 1. The molecule has 2 aromatic carbocycles. The van der Waals surface area contributed by atoms with Crippen LogP contribution in [0.15, 0.2) is 59.6 Å². The lowest BCUT2D eigenvalue weighted by molar-refractivity contribution is -0.116. The maximum Gasteiger partial charge on any atom is 0.224 e. The second kappa shape index (κ2) is 14.3. The highest BCUT2D eigenvalue weighted by atomic mass is 127. The van der Waals surface area contributed by atoms with E-state index in [-0.39, 0.29) is 29.9 Å². The number of hydrogen-bond donors (Lipinski definition) is 3. The minimum atomic E-state index is -0.00198. The number of benzene rings is 2. The van der Waals surface area contributed by atoms with Crippen molar-refractivity contribution in [3.05, 3.63) is 65.2 Å². The van der Waals surface area contributed by atoms with Crippen LogP contribution < -0.4 is 16.0 Å². The molecule has 174 valence electrons. The van der Waals surface area contributed by atoms with E-state index in [9.17, 15) is 4.79 Å². The lowest BCUT2D eigenvalue weighted by atomic mass is 10.0. The van der Waals surface area contributed by atoms with Gasteiger partial charge >= 0.3 is 0 Å². The Morgan fingerprint density at radius 3 is 2.44 bits per heavy atom. The zero-order chi connectivity index (χ0) is 21.9. The van der Waals surface area contributed by atoms with Crippen molar-refractivity contribution < 1.29 is 4.79 Å². The van der Waals surface area contributed by atoms with E-state index in [1.165, 1.54) is 5.56 Å². The minimum Gasteiger partial charge on any atom is -0.356 e. The molecule has 1 saturated heterocycles. The predicted molar refractivity (Wildman–Crippen MR) is 144 cm³/mol. The molecule has 0 atom stereocenters. The van der Waals surface area contributed by atoms with Gasteiger partial charge in [-0.25, -0.2) is 0 Å². The van der Waals surface area contributed by atoms with E-state index in [1.54, 1.807) is 31.3 Å². The molecule has 0 bridgehead atoms. The summed E-state index contributed by atoms with van der Waals surface area (Å²) in [6.45, 7) is 3.86. The molecule has 32 heavy (non-hydrogen) atoms. The molecule has 0 spiro atoms. The summed E-state index contributed by atoms with van der Waals surface area (Å²) in [6, 6.07) is 18.2. The Morgan fingerprint density at radius 1 is 1.09 bits per heavy atom. The van der Waals surface area contributed by atoms with Crippen molar-refractivity contribution in [1.82, 2.24) is 15.5 Å². The number of guanidine groups is 1. The smallest absolute Gasteiger partial charge is 0.224 e. The van der Waals surface area contributed by atoms with Crippen LogP contribution in [-0.2, 0) is 11.3 Å². The van der Waals surface area contributed by atoms with Crippen molar-refractivity contribution in [1.29, 1.82) is 0 Å². The number of carbonyl (C=O) groups excluding carboxylic acids is 1. The summed E-state index contributed by atoms with van der Waals surface area (Å²) in [7, 11) is 1.78. The Kier molecular flexibility index (Phi) is 11.8. The molecule has 0 saturated carbocycles. The van der Waals surface area contributed by atoms with Crippen LogP contribution in [0, 0.1) is 0 Å². The highest BCUT2D eigenvalue weighted by Crippen LogP contribution is 2.15. The monoisotopic (exact) mass is 569 g/mol. The van der Waals surface area contributed by atoms with Crippen LogP contribution in [-0.4, -0.2) is 49.5 Å². The van der Waals surface area contributed by atoms with Crippen LogP contribution in [0.25, 0.3) is 0 Å². The second-order valence-corrected chi connectivity index (χ2v) is 8.27. The molecule has 1 aliphatic rings. The van der Waals surface area contributed by atoms with Gasteiger partial charge in [0.15, 0.2) is 5.96 Å². The topological polar surface area (TPSA) is 68.8 Å². The van der Waals surface area contributed by atoms with Gasteiger partial charge in [-0.2, -0.15) is 0 Å². The van der Waals surface area contributed by atoms with Crippen LogP contribution in [0.5, 0.6) is 0 Å². The van der Waals surface area contributed by atoms with Gasteiger partial charge in [0.2, 0.25) is 5.91 Å². The fraction of sp³-hybridized carbons (Fsp3) is 0.417. The highest BCUT2D eigenvalue weighted by Gasteiger charge is 2.20. The predicted octanol–water partition coefficient (Wildman–Crippen LogP) is 4.51. The standard InChI is InChI=1S/C24H32ClN5O.HI/c1-26-24(27-15-5-8-23(31)28-21-11-9-20(25)10-12-21)29-22-13-16-30(17-14-22)18-19-6-3-2-4-7-19;/h2-4,6-7,9-12,22H,5,8,13-18H2,1H3,(H,28,31)(H2,26,27,29);1H. The minimum absolute atomic E-state index is 0. The first-order valence-electron chi connectivity index (χ1n) is 10.9. The molecule has 0 aliphatic carbocycles. The quantitative estimate of drug-likeness (QED) is 0.189. The number of rotatable bonds is 8. The fourth-order valence-corrected chi connectivity index (χ4v) is 3.80. The molecule has 6 nitrogen and oxygen atoms in total. The first-order chi connectivity index (χ1) is 15.1. The zero-order valence-corrected chi connectivity index (χ0v) is 21.6. The van der Waals surface area contributed by atoms with Gasteiger partial charge in [0.1, 0.15) is 0 Å². The lowest BCUT2D eigenvalue weighted by Crippen LogP contribution is -2.48. The van der Waals surface area contributed by atoms with Crippen LogP contribution in [0.3, 0.4) is 0 Å². The van der Waals surface area contributed by atoms with Gasteiger partial charge in [-0.05, 0) is 49.1 Å². The molecule has 1 amide bonds. The fourth-order valence-electron chi connectivity index (χ4n) is 3.68. The van der Waals surface area contributed by atoms with Crippen molar-refractivity contribution in [3.8, 4) is 0 Å². The summed E-state index contributed by atoms with van der Waals surface area (Å²) < 4.78 is 0. The van der Waals surface area contributed by atoms with Crippen molar-refractivity contribution in [3.63, 3.8) is 0 Å². The number of amides is 1. The van der Waals surface area contributed by atoms with E-state index in [2.05, 4.69) is 56.2 Å². The molecule has 0 aromatic heterocycles. The van der Waals surface area contributed by atoms with Crippen LogP contribution in [0.2, 0.25) is 5.02 Å². The average Bonchev–Trinajstić information content (AvgIpc) is 2.79. The molecule has 1 fully saturated rings. The third-order valence-electron chi connectivity index (χ3n) is 5.40. The molecule has 2 aromatic rings.